The quantitative estimate of drug-likeness (QED) is 0.198. The summed E-state index contributed by atoms with van der Waals surface area (Å²) in [6.45, 7) is 4.72. The van der Waals surface area contributed by atoms with Gasteiger partial charge in [-0.1, -0.05) is 141 Å². The van der Waals surface area contributed by atoms with Gasteiger partial charge in [-0.3, -0.25) is 4.57 Å². The van der Waals surface area contributed by atoms with Gasteiger partial charge in [0.05, 0.1) is 16.7 Å². The molecule has 2 aromatic heterocycles. The molecule has 0 saturated heterocycles. The third kappa shape index (κ3) is 3.82. The number of aromatic nitrogens is 3. The van der Waals surface area contributed by atoms with Crippen LogP contribution in [0, 0.1) is 0 Å². The maximum Gasteiger partial charge on any atom is 0.162 e. The van der Waals surface area contributed by atoms with Crippen LogP contribution in [0.25, 0.3) is 82.9 Å². The molecule has 0 unspecified atom stereocenters. The van der Waals surface area contributed by atoms with E-state index in [4.69, 9.17) is 9.97 Å². The summed E-state index contributed by atoms with van der Waals surface area (Å²) in [6.07, 6.45) is 0. The molecular formula is C45H31N3. The van der Waals surface area contributed by atoms with Crippen molar-refractivity contribution in [2.75, 3.05) is 0 Å². The SMILES string of the molecule is CC1(C)c2ccccc2-c2c3c1cccc3cc1c3cc4ccccc4cc3n(-c3cc(-c4ccccc4)nc(-c4ccccc4)n3)c21. The third-order valence-corrected chi connectivity index (χ3v) is 10.3. The molecule has 2 heterocycles. The average molecular weight is 614 g/mol. The van der Waals surface area contributed by atoms with Gasteiger partial charge >= 0.3 is 0 Å². The smallest absolute Gasteiger partial charge is 0.162 e. The fourth-order valence-electron chi connectivity index (χ4n) is 8.07. The second-order valence-corrected chi connectivity index (χ2v) is 13.4. The zero-order chi connectivity index (χ0) is 32.0. The zero-order valence-electron chi connectivity index (χ0n) is 26.8. The van der Waals surface area contributed by atoms with Gasteiger partial charge in [-0.05, 0) is 56.4 Å². The lowest BCUT2D eigenvalue weighted by atomic mass is 9.68. The number of rotatable bonds is 3. The highest BCUT2D eigenvalue weighted by atomic mass is 15.1. The molecule has 0 radical (unpaired) electrons. The molecule has 1 aliphatic carbocycles. The molecule has 9 aromatic rings. The average Bonchev–Trinajstić information content (AvgIpc) is 3.45. The number of benzene rings is 7. The van der Waals surface area contributed by atoms with Crippen molar-refractivity contribution in [1.82, 2.24) is 14.5 Å². The van der Waals surface area contributed by atoms with Crippen molar-refractivity contribution >= 4 is 43.4 Å². The van der Waals surface area contributed by atoms with Crippen LogP contribution in [-0.4, -0.2) is 14.5 Å². The summed E-state index contributed by atoms with van der Waals surface area (Å²) in [5.41, 5.74) is 10.4. The minimum atomic E-state index is -0.141. The van der Waals surface area contributed by atoms with Crippen LogP contribution in [0.15, 0.2) is 152 Å². The Morgan fingerprint density at radius 3 is 1.94 bits per heavy atom. The molecule has 7 aromatic carbocycles. The summed E-state index contributed by atoms with van der Waals surface area (Å²) >= 11 is 0. The van der Waals surface area contributed by atoms with Crippen molar-refractivity contribution in [3.8, 4) is 39.6 Å². The predicted octanol–water partition coefficient (Wildman–Crippen LogP) is 11.5. The van der Waals surface area contributed by atoms with Gasteiger partial charge < -0.3 is 0 Å². The van der Waals surface area contributed by atoms with E-state index in [0.717, 1.165) is 28.2 Å². The zero-order valence-corrected chi connectivity index (χ0v) is 26.8. The molecular weight excluding hydrogens is 583 g/mol. The molecule has 0 fully saturated rings. The Morgan fingerprint density at radius 1 is 0.521 bits per heavy atom. The Labute approximate surface area is 278 Å². The molecule has 0 aliphatic heterocycles. The lowest BCUT2D eigenvalue weighted by Crippen LogP contribution is -2.23. The predicted molar refractivity (Wildman–Crippen MR) is 200 cm³/mol. The highest BCUT2D eigenvalue weighted by Gasteiger charge is 2.35. The largest absolute Gasteiger partial charge is 0.293 e. The maximum atomic E-state index is 5.38. The fraction of sp³-hybridized carbons (Fsp3) is 0.0667. The maximum absolute atomic E-state index is 5.38. The van der Waals surface area contributed by atoms with Crippen LogP contribution in [0.1, 0.15) is 25.0 Å². The Kier molecular flexibility index (Phi) is 5.63. The minimum absolute atomic E-state index is 0.141. The summed E-state index contributed by atoms with van der Waals surface area (Å²) in [6, 6.07) is 54.5. The summed E-state index contributed by atoms with van der Waals surface area (Å²) in [7, 11) is 0. The van der Waals surface area contributed by atoms with Crippen LogP contribution in [-0.2, 0) is 5.41 Å². The van der Waals surface area contributed by atoms with Crippen molar-refractivity contribution < 1.29 is 0 Å². The van der Waals surface area contributed by atoms with E-state index in [1.807, 2.05) is 12.1 Å². The summed E-state index contributed by atoms with van der Waals surface area (Å²) in [4.78, 5) is 10.5. The van der Waals surface area contributed by atoms with Crippen molar-refractivity contribution in [3.63, 3.8) is 0 Å². The molecule has 0 bridgehead atoms. The number of hydrogen-bond acceptors (Lipinski definition) is 2. The molecule has 0 N–H and O–H groups in total. The van der Waals surface area contributed by atoms with Crippen LogP contribution >= 0.6 is 0 Å². The van der Waals surface area contributed by atoms with Crippen molar-refractivity contribution in [3.05, 3.63) is 163 Å². The lowest BCUT2D eigenvalue weighted by molar-refractivity contribution is 0.645. The van der Waals surface area contributed by atoms with E-state index in [1.165, 1.54) is 60.1 Å². The number of nitrogens with zero attached hydrogens (tertiary/aromatic N) is 3. The molecule has 0 atom stereocenters. The summed E-state index contributed by atoms with van der Waals surface area (Å²) < 4.78 is 2.42. The van der Waals surface area contributed by atoms with Crippen LogP contribution < -0.4 is 0 Å². The van der Waals surface area contributed by atoms with Gasteiger partial charge in [-0.15, -0.1) is 0 Å². The van der Waals surface area contributed by atoms with E-state index in [1.54, 1.807) is 0 Å². The Hall–Kier alpha value is -6.06. The van der Waals surface area contributed by atoms with Gasteiger partial charge in [0.15, 0.2) is 5.82 Å². The van der Waals surface area contributed by atoms with E-state index < -0.39 is 0 Å². The molecule has 0 saturated carbocycles. The molecule has 3 nitrogen and oxygen atoms in total. The Bertz CT molecular complexity index is 2680. The van der Waals surface area contributed by atoms with Gasteiger partial charge in [0.25, 0.3) is 0 Å². The van der Waals surface area contributed by atoms with Crippen LogP contribution in [0.3, 0.4) is 0 Å². The molecule has 10 rings (SSSR count). The second kappa shape index (κ2) is 9.97. The van der Waals surface area contributed by atoms with Crippen LogP contribution in [0.4, 0.5) is 0 Å². The van der Waals surface area contributed by atoms with Crippen LogP contribution in [0.2, 0.25) is 0 Å². The molecule has 3 heteroatoms. The van der Waals surface area contributed by atoms with Crippen molar-refractivity contribution in [2.45, 2.75) is 19.3 Å². The first-order valence-corrected chi connectivity index (χ1v) is 16.6. The summed E-state index contributed by atoms with van der Waals surface area (Å²) in [5, 5.41) is 7.47. The topological polar surface area (TPSA) is 30.7 Å². The van der Waals surface area contributed by atoms with E-state index in [9.17, 15) is 0 Å². The highest BCUT2D eigenvalue weighted by Crippen LogP contribution is 2.53. The van der Waals surface area contributed by atoms with E-state index >= 15 is 0 Å². The molecule has 48 heavy (non-hydrogen) atoms. The highest BCUT2D eigenvalue weighted by molar-refractivity contribution is 6.24. The number of fused-ring (bicyclic) bond motifs is 7. The Morgan fingerprint density at radius 2 is 1.15 bits per heavy atom. The van der Waals surface area contributed by atoms with Gasteiger partial charge in [0.2, 0.25) is 0 Å². The van der Waals surface area contributed by atoms with Gasteiger partial charge in [0, 0.05) is 38.9 Å². The number of hydrogen-bond donors (Lipinski definition) is 0. The van der Waals surface area contributed by atoms with Crippen molar-refractivity contribution in [1.29, 1.82) is 0 Å². The molecule has 0 amide bonds. The first-order valence-electron chi connectivity index (χ1n) is 16.6. The Balaban J connectivity index is 1.44. The monoisotopic (exact) mass is 613 g/mol. The normalized spacial score (nSPS) is 13.4. The van der Waals surface area contributed by atoms with Crippen molar-refractivity contribution in [2.24, 2.45) is 0 Å². The summed E-state index contributed by atoms with van der Waals surface area (Å²) in [5.74, 6) is 1.56. The molecule has 226 valence electrons. The fourth-order valence-corrected chi connectivity index (χ4v) is 8.07. The minimum Gasteiger partial charge on any atom is -0.293 e. The van der Waals surface area contributed by atoms with Gasteiger partial charge in [-0.2, -0.15) is 0 Å². The van der Waals surface area contributed by atoms with E-state index in [0.29, 0.717) is 5.82 Å². The standard InChI is InChI=1S/C45H31N3/c1-45(2)36-22-12-11-21-33(36)42-41-32(20-13-23-37(41)45)25-35-34-24-30-18-9-10-19-31(30)26-39(34)48(43(35)42)40-27-38(28-14-5-3-6-15-28)46-44(47-40)29-16-7-4-8-17-29/h3-27H,1-2H3. The van der Waals surface area contributed by atoms with Gasteiger partial charge in [-0.25, -0.2) is 9.97 Å². The van der Waals surface area contributed by atoms with E-state index in [2.05, 4.69) is 158 Å². The lowest BCUT2D eigenvalue weighted by Gasteiger charge is -2.35. The molecule has 1 aliphatic rings. The first-order chi connectivity index (χ1) is 23.6. The van der Waals surface area contributed by atoms with E-state index in [-0.39, 0.29) is 5.41 Å². The first kappa shape index (κ1) is 27.1. The molecule has 0 spiro atoms. The second-order valence-electron chi connectivity index (χ2n) is 13.4. The van der Waals surface area contributed by atoms with Gasteiger partial charge in [0.1, 0.15) is 5.82 Å². The van der Waals surface area contributed by atoms with Crippen LogP contribution in [0.5, 0.6) is 0 Å². The third-order valence-electron chi connectivity index (χ3n) is 10.3.